The molecule has 0 spiro atoms. The second-order valence-electron chi connectivity index (χ2n) is 4.17. The van der Waals surface area contributed by atoms with Gasteiger partial charge in [0.2, 0.25) is 0 Å². The molecule has 88 valence electrons. The summed E-state index contributed by atoms with van der Waals surface area (Å²) in [6.07, 6.45) is 1.82. The SMILES string of the molecule is Cc1ccccc1-c1ncc(C(C)Cl)c(C)n1. The van der Waals surface area contributed by atoms with Crippen LogP contribution in [0.3, 0.4) is 0 Å². The minimum atomic E-state index is -0.0547. The maximum atomic E-state index is 6.06. The molecule has 0 radical (unpaired) electrons. The zero-order chi connectivity index (χ0) is 12.4. The van der Waals surface area contributed by atoms with Crippen molar-refractivity contribution in [1.29, 1.82) is 0 Å². The van der Waals surface area contributed by atoms with E-state index in [1.54, 1.807) is 0 Å². The monoisotopic (exact) mass is 246 g/mol. The Bertz CT molecular complexity index is 535. The largest absolute Gasteiger partial charge is 0.236 e. The molecule has 0 aliphatic carbocycles. The normalized spacial score (nSPS) is 12.5. The van der Waals surface area contributed by atoms with Crippen LogP contribution >= 0.6 is 11.6 Å². The van der Waals surface area contributed by atoms with Crippen LogP contribution in [0.5, 0.6) is 0 Å². The molecule has 0 fully saturated rings. The summed E-state index contributed by atoms with van der Waals surface area (Å²) in [6.45, 7) is 5.96. The van der Waals surface area contributed by atoms with Crippen LogP contribution in [0.15, 0.2) is 30.5 Å². The smallest absolute Gasteiger partial charge is 0.159 e. The number of hydrogen-bond donors (Lipinski definition) is 0. The molecule has 0 aliphatic heterocycles. The first kappa shape index (κ1) is 12.1. The fraction of sp³-hybridized carbons (Fsp3) is 0.286. The third-order valence-corrected chi connectivity index (χ3v) is 3.07. The molecule has 0 bridgehead atoms. The summed E-state index contributed by atoms with van der Waals surface area (Å²) in [5, 5.41) is -0.0547. The molecule has 17 heavy (non-hydrogen) atoms. The first-order valence-corrected chi connectivity index (χ1v) is 6.07. The first-order chi connectivity index (χ1) is 8.09. The van der Waals surface area contributed by atoms with E-state index in [4.69, 9.17) is 11.6 Å². The van der Waals surface area contributed by atoms with Crippen LogP contribution in [-0.2, 0) is 0 Å². The van der Waals surface area contributed by atoms with Gasteiger partial charge in [-0.3, -0.25) is 0 Å². The second kappa shape index (κ2) is 4.84. The molecule has 0 N–H and O–H groups in total. The van der Waals surface area contributed by atoms with Crippen LogP contribution in [0, 0.1) is 13.8 Å². The number of nitrogens with zero attached hydrogens (tertiary/aromatic N) is 2. The van der Waals surface area contributed by atoms with Crippen molar-refractivity contribution in [1.82, 2.24) is 9.97 Å². The highest BCUT2D eigenvalue weighted by Gasteiger charge is 2.10. The van der Waals surface area contributed by atoms with Crippen LogP contribution in [0.2, 0.25) is 0 Å². The number of halogens is 1. The Morgan fingerprint density at radius 2 is 1.88 bits per heavy atom. The van der Waals surface area contributed by atoms with Gasteiger partial charge in [0.15, 0.2) is 5.82 Å². The predicted octanol–water partition coefficient (Wildman–Crippen LogP) is 4.06. The Balaban J connectivity index is 2.49. The summed E-state index contributed by atoms with van der Waals surface area (Å²) in [5.41, 5.74) is 4.19. The van der Waals surface area contributed by atoms with E-state index in [0.29, 0.717) is 0 Å². The molecule has 2 rings (SSSR count). The maximum absolute atomic E-state index is 6.06. The van der Waals surface area contributed by atoms with Crippen molar-refractivity contribution in [2.24, 2.45) is 0 Å². The van der Waals surface area contributed by atoms with E-state index >= 15 is 0 Å². The van der Waals surface area contributed by atoms with Gasteiger partial charge in [-0.2, -0.15) is 0 Å². The zero-order valence-corrected chi connectivity index (χ0v) is 11.0. The molecular weight excluding hydrogens is 232 g/mol. The van der Waals surface area contributed by atoms with E-state index < -0.39 is 0 Å². The molecule has 0 saturated carbocycles. The average Bonchev–Trinajstić information content (AvgIpc) is 2.29. The van der Waals surface area contributed by atoms with Gasteiger partial charge in [0, 0.05) is 23.0 Å². The maximum Gasteiger partial charge on any atom is 0.159 e. The van der Waals surface area contributed by atoms with Gasteiger partial charge in [-0.1, -0.05) is 24.3 Å². The number of rotatable bonds is 2. The van der Waals surface area contributed by atoms with Crippen LogP contribution in [0.4, 0.5) is 0 Å². The van der Waals surface area contributed by atoms with E-state index in [2.05, 4.69) is 23.0 Å². The zero-order valence-electron chi connectivity index (χ0n) is 10.2. The van der Waals surface area contributed by atoms with Gasteiger partial charge in [0.25, 0.3) is 0 Å². The average molecular weight is 247 g/mol. The lowest BCUT2D eigenvalue weighted by Gasteiger charge is -2.09. The van der Waals surface area contributed by atoms with Crippen molar-refractivity contribution in [3.63, 3.8) is 0 Å². The number of hydrogen-bond acceptors (Lipinski definition) is 2. The summed E-state index contributed by atoms with van der Waals surface area (Å²) >= 11 is 6.06. The first-order valence-electron chi connectivity index (χ1n) is 5.63. The number of aryl methyl sites for hydroxylation is 2. The molecule has 2 nitrogen and oxygen atoms in total. The van der Waals surface area contributed by atoms with Crippen molar-refractivity contribution in [2.45, 2.75) is 26.1 Å². The van der Waals surface area contributed by atoms with Crippen LogP contribution < -0.4 is 0 Å². The highest BCUT2D eigenvalue weighted by atomic mass is 35.5. The molecular formula is C14H15ClN2. The van der Waals surface area contributed by atoms with Crippen LogP contribution in [0.1, 0.15) is 29.1 Å². The molecule has 1 aromatic carbocycles. The van der Waals surface area contributed by atoms with Gasteiger partial charge in [0.05, 0.1) is 5.38 Å². The van der Waals surface area contributed by atoms with Crippen LogP contribution in [0.25, 0.3) is 11.4 Å². The minimum Gasteiger partial charge on any atom is -0.236 e. The Morgan fingerprint density at radius 3 is 2.47 bits per heavy atom. The molecule has 2 aromatic rings. The Morgan fingerprint density at radius 1 is 1.18 bits per heavy atom. The fourth-order valence-electron chi connectivity index (χ4n) is 1.82. The van der Waals surface area contributed by atoms with E-state index in [1.165, 1.54) is 5.56 Å². The molecule has 1 aromatic heterocycles. The summed E-state index contributed by atoms with van der Waals surface area (Å²) in [5.74, 6) is 0.765. The standard InChI is InChI=1S/C14H15ClN2/c1-9-6-4-5-7-12(9)14-16-8-13(10(2)15)11(3)17-14/h4-8,10H,1-3H3. The summed E-state index contributed by atoms with van der Waals surface area (Å²) in [7, 11) is 0. The number of alkyl halides is 1. The second-order valence-corrected chi connectivity index (χ2v) is 4.82. The quantitative estimate of drug-likeness (QED) is 0.747. The van der Waals surface area contributed by atoms with Crippen molar-refractivity contribution < 1.29 is 0 Å². The minimum absolute atomic E-state index is 0.0547. The van der Waals surface area contributed by atoms with Gasteiger partial charge in [0.1, 0.15) is 0 Å². The van der Waals surface area contributed by atoms with Crippen molar-refractivity contribution >= 4 is 11.6 Å². The van der Waals surface area contributed by atoms with Gasteiger partial charge < -0.3 is 0 Å². The van der Waals surface area contributed by atoms with Gasteiger partial charge in [-0.05, 0) is 26.3 Å². The Labute approximate surface area is 107 Å². The van der Waals surface area contributed by atoms with E-state index in [1.807, 2.05) is 38.2 Å². The molecule has 0 amide bonds. The lowest BCUT2D eigenvalue weighted by atomic mass is 10.1. The summed E-state index contributed by atoms with van der Waals surface area (Å²) < 4.78 is 0. The third-order valence-electron chi connectivity index (χ3n) is 2.83. The predicted molar refractivity (Wildman–Crippen MR) is 71.2 cm³/mol. The molecule has 1 atom stereocenters. The van der Waals surface area contributed by atoms with E-state index in [0.717, 1.165) is 22.6 Å². The van der Waals surface area contributed by atoms with E-state index in [9.17, 15) is 0 Å². The third kappa shape index (κ3) is 2.47. The molecule has 0 saturated heterocycles. The molecule has 1 heterocycles. The Kier molecular flexibility index (Phi) is 3.43. The highest BCUT2D eigenvalue weighted by molar-refractivity contribution is 6.20. The van der Waals surface area contributed by atoms with Crippen molar-refractivity contribution in [2.75, 3.05) is 0 Å². The van der Waals surface area contributed by atoms with Crippen molar-refractivity contribution in [3.8, 4) is 11.4 Å². The van der Waals surface area contributed by atoms with Gasteiger partial charge >= 0.3 is 0 Å². The number of benzene rings is 1. The van der Waals surface area contributed by atoms with Gasteiger partial charge in [-0.25, -0.2) is 9.97 Å². The van der Waals surface area contributed by atoms with E-state index in [-0.39, 0.29) is 5.38 Å². The fourth-order valence-corrected chi connectivity index (χ4v) is 2.03. The van der Waals surface area contributed by atoms with Crippen LogP contribution in [-0.4, -0.2) is 9.97 Å². The lowest BCUT2D eigenvalue weighted by molar-refractivity contribution is 0.975. The van der Waals surface area contributed by atoms with Gasteiger partial charge in [-0.15, -0.1) is 11.6 Å². The molecule has 1 unspecified atom stereocenters. The summed E-state index contributed by atoms with van der Waals surface area (Å²) in [6, 6.07) is 8.11. The highest BCUT2D eigenvalue weighted by Crippen LogP contribution is 2.24. The topological polar surface area (TPSA) is 25.8 Å². The summed E-state index contributed by atoms with van der Waals surface area (Å²) in [4.78, 5) is 8.93. The van der Waals surface area contributed by atoms with Crippen molar-refractivity contribution in [3.05, 3.63) is 47.3 Å². The molecule has 3 heteroatoms. The number of aromatic nitrogens is 2. The Hall–Kier alpha value is -1.41. The lowest BCUT2D eigenvalue weighted by Crippen LogP contribution is -1.99. The molecule has 0 aliphatic rings.